The molecule has 10 heteroatoms. The van der Waals surface area contributed by atoms with E-state index < -0.39 is 0 Å². The van der Waals surface area contributed by atoms with Crippen LogP contribution in [0.25, 0.3) is 0 Å². The van der Waals surface area contributed by atoms with Crippen LogP contribution in [-0.4, -0.2) is 64.0 Å². The first-order chi connectivity index (χ1) is 16.0. The van der Waals surface area contributed by atoms with Gasteiger partial charge in [-0.05, 0) is 36.8 Å². The van der Waals surface area contributed by atoms with Gasteiger partial charge >= 0.3 is 0 Å². The molecule has 2 aromatic heterocycles. The summed E-state index contributed by atoms with van der Waals surface area (Å²) in [7, 11) is 0. The average molecular weight is 487 g/mol. The van der Waals surface area contributed by atoms with Gasteiger partial charge in [0.25, 0.3) is 11.8 Å². The number of anilines is 1. The number of aryl methyl sites for hydroxylation is 1. The van der Waals surface area contributed by atoms with Gasteiger partial charge in [-0.2, -0.15) is 0 Å². The smallest absolute Gasteiger partial charge is 0.255 e. The van der Waals surface area contributed by atoms with Gasteiger partial charge in [-0.15, -0.1) is 0 Å². The third-order valence-corrected chi connectivity index (χ3v) is 6.06. The fraction of sp³-hybridized carbons (Fsp3) is 0.304. The number of aromatic nitrogens is 3. The number of piperazine rings is 1. The van der Waals surface area contributed by atoms with Crippen molar-refractivity contribution in [2.75, 3.05) is 37.6 Å². The molecule has 2 amide bonds. The summed E-state index contributed by atoms with van der Waals surface area (Å²) < 4.78 is 1.97. The zero-order valence-corrected chi connectivity index (χ0v) is 19.5. The van der Waals surface area contributed by atoms with E-state index in [1.165, 1.54) is 0 Å². The van der Waals surface area contributed by atoms with Crippen LogP contribution in [0.15, 0.2) is 55.2 Å². The van der Waals surface area contributed by atoms with E-state index in [9.17, 15) is 9.59 Å². The van der Waals surface area contributed by atoms with Crippen molar-refractivity contribution in [1.29, 1.82) is 0 Å². The zero-order chi connectivity index (χ0) is 23.2. The summed E-state index contributed by atoms with van der Waals surface area (Å²) in [5, 5.41) is 3.78. The van der Waals surface area contributed by atoms with Gasteiger partial charge < -0.3 is 19.7 Å². The number of imidazole rings is 1. The number of rotatable bonds is 7. The number of carbonyl (C=O) groups excluding carboxylic acids is 2. The number of halogens is 2. The fourth-order valence-electron chi connectivity index (χ4n) is 3.66. The minimum atomic E-state index is -0.145. The van der Waals surface area contributed by atoms with Crippen LogP contribution in [-0.2, 0) is 6.54 Å². The largest absolute Gasteiger partial charge is 0.353 e. The van der Waals surface area contributed by atoms with Crippen molar-refractivity contribution in [3.63, 3.8) is 0 Å². The van der Waals surface area contributed by atoms with Gasteiger partial charge in [-0.25, -0.2) is 9.97 Å². The van der Waals surface area contributed by atoms with Crippen LogP contribution in [0.1, 0.15) is 27.1 Å². The Kier molecular flexibility index (Phi) is 7.47. The molecule has 1 saturated heterocycles. The van der Waals surface area contributed by atoms with Crippen molar-refractivity contribution < 1.29 is 9.59 Å². The van der Waals surface area contributed by atoms with Crippen LogP contribution in [0, 0.1) is 0 Å². The number of carbonyl (C=O) groups is 2. The van der Waals surface area contributed by atoms with Crippen LogP contribution in [0.2, 0.25) is 10.0 Å². The van der Waals surface area contributed by atoms with E-state index in [4.69, 9.17) is 23.2 Å². The molecule has 0 saturated carbocycles. The summed E-state index contributed by atoms with van der Waals surface area (Å²) in [4.78, 5) is 37.5. The van der Waals surface area contributed by atoms with Gasteiger partial charge in [0, 0.05) is 62.9 Å². The molecule has 1 aliphatic rings. The molecule has 3 aromatic rings. The Morgan fingerprint density at radius 1 is 1.06 bits per heavy atom. The molecule has 33 heavy (non-hydrogen) atoms. The van der Waals surface area contributed by atoms with E-state index in [1.807, 2.05) is 16.8 Å². The van der Waals surface area contributed by atoms with E-state index in [0.717, 1.165) is 18.8 Å². The molecule has 8 nitrogen and oxygen atoms in total. The minimum Gasteiger partial charge on any atom is -0.353 e. The average Bonchev–Trinajstić information content (AvgIpc) is 3.37. The number of hydrogen-bond donors (Lipinski definition) is 1. The molecule has 0 aliphatic carbocycles. The fourth-order valence-corrected chi connectivity index (χ4v) is 4.03. The molecule has 0 radical (unpaired) electrons. The van der Waals surface area contributed by atoms with Crippen molar-refractivity contribution in [3.8, 4) is 0 Å². The summed E-state index contributed by atoms with van der Waals surface area (Å²) >= 11 is 12.2. The lowest BCUT2D eigenvalue weighted by molar-refractivity contribution is 0.0746. The predicted octanol–water partition coefficient (Wildman–Crippen LogP) is 3.37. The Hall–Kier alpha value is -3.10. The second-order valence-electron chi connectivity index (χ2n) is 7.72. The number of pyridine rings is 1. The van der Waals surface area contributed by atoms with Gasteiger partial charge in [-0.1, -0.05) is 23.2 Å². The van der Waals surface area contributed by atoms with Crippen LogP contribution < -0.4 is 10.2 Å². The van der Waals surface area contributed by atoms with Crippen LogP contribution >= 0.6 is 23.2 Å². The Labute approximate surface area is 202 Å². The SMILES string of the molecule is O=C(NCCCn1ccnc1)c1ccc(N2CCN(C(=O)c3cc(Cl)ccc3Cl)CC2)nc1. The Morgan fingerprint density at radius 2 is 1.88 bits per heavy atom. The maximum absolute atomic E-state index is 12.8. The molecular weight excluding hydrogens is 463 g/mol. The molecule has 0 unspecified atom stereocenters. The second-order valence-corrected chi connectivity index (χ2v) is 8.56. The second kappa shape index (κ2) is 10.7. The number of benzene rings is 1. The van der Waals surface area contributed by atoms with Crippen molar-refractivity contribution >= 4 is 40.8 Å². The van der Waals surface area contributed by atoms with Crippen molar-refractivity contribution in [2.45, 2.75) is 13.0 Å². The number of nitrogens with one attached hydrogen (secondary N) is 1. The molecule has 0 bridgehead atoms. The lowest BCUT2D eigenvalue weighted by Crippen LogP contribution is -2.49. The highest BCUT2D eigenvalue weighted by Crippen LogP contribution is 2.23. The van der Waals surface area contributed by atoms with Crippen LogP contribution in [0.4, 0.5) is 5.82 Å². The number of hydrogen-bond acceptors (Lipinski definition) is 5. The van der Waals surface area contributed by atoms with E-state index in [-0.39, 0.29) is 11.8 Å². The first kappa shape index (κ1) is 23.1. The first-order valence-electron chi connectivity index (χ1n) is 10.7. The number of amides is 2. The van der Waals surface area contributed by atoms with E-state index in [0.29, 0.717) is 53.9 Å². The van der Waals surface area contributed by atoms with E-state index in [2.05, 4.69) is 20.2 Å². The van der Waals surface area contributed by atoms with Crippen LogP contribution in [0.5, 0.6) is 0 Å². The third-order valence-electron chi connectivity index (χ3n) is 5.50. The number of nitrogens with zero attached hydrogens (tertiary/aromatic N) is 5. The standard InChI is InChI=1S/C23H24Cl2N6O2/c24-18-3-4-20(25)19(14-18)23(33)31-12-10-30(11-13-31)21-5-2-17(15-28-21)22(32)27-6-1-8-29-9-7-26-16-29/h2-5,7,9,14-16H,1,6,8,10-13H2,(H,27,32). The van der Waals surface area contributed by atoms with E-state index in [1.54, 1.807) is 47.9 Å². The highest BCUT2D eigenvalue weighted by atomic mass is 35.5. The van der Waals surface area contributed by atoms with Gasteiger partial charge in [0.05, 0.1) is 22.5 Å². The monoisotopic (exact) mass is 486 g/mol. The summed E-state index contributed by atoms with van der Waals surface area (Å²) in [6, 6.07) is 8.51. The molecule has 0 atom stereocenters. The highest BCUT2D eigenvalue weighted by Gasteiger charge is 2.24. The van der Waals surface area contributed by atoms with Gasteiger partial charge in [0.2, 0.25) is 0 Å². The maximum Gasteiger partial charge on any atom is 0.255 e. The molecule has 3 heterocycles. The molecule has 1 N–H and O–H groups in total. The Balaban J connectivity index is 1.26. The van der Waals surface area contributed by atoms with Gasteiger partial charge in [0.1, 0.15) is 5.82 Å². The quantitative estimate of drug-likeness (QED) is 0.517. The summed E-state index contributed by atoms with van der Waals surface area (Å²) in [5.74, 6) is 0.503. The molecule has 1 aromatic carbocycles. The first-order valence-corrected chi connectivity index (χ1v) is 11.5. The van der Waals surface area contributed by atoms with E-state index >= 15 is 0 Å². The van der Waals surface area contributed by atoms with Gasteiger partial charge in [-0.3, -0.25) is 9.59 Å². The molecular formula is C23H24Cl2N6O2. The lowest BCUT2D eigenvalue weighted by Gasteiger charge is -2.35. The van der Waals surface area contributed by atoms with Crippen LogP contribution in [0.3, 0.4) is 0 Å². The summed E-state index contributed by atoms with van der Waals surface area (Å²) in [6.45, 7) is 3.74. The Morgan fingerprint density at radius 3 is 2.58 bits per heavy atom. The Bertz CT molecular complexity index is 1100. The topological polar surface area (TPSA) is 83.4 Å². The van der Waals surface area contributed by atoms with Gasteiger partial charge in [0.15, 0.2) is 0 Å². The molecule has 1 aliphatic heterocycles. The molecule has 4 rings (SSSR count). The minimum absolute atomic E-state index is 0.129. The maximum atomic E-state index is 12.8. The van der Waals surface area contributed by atoms with Crippen molar-refractivity contribution in [2.24, 2.45) is 0 Å². The molecule has 172 valence electrons. The van der Waals surface area contributed by atoms with Crippen molar-refractivity contribution in [1.82, 2.24) is 24.8 Å². The zero-order valence-electron chi connectivity index (χ0n) is 18.0. The highest BCUT2D eigenvalue weighted by molar-refractivity contribution is 6.35. The predicted molar refractivity (Wildman–Crippen MR) is 128 cm³/mol. The van der Waals surface area contributed by atoms with Crippen molar-refractivity contribution in [3.05, 3.63) is 76.4 Å². The molecule has 0 spiro atoms. The lowest BCUT2D eigenvalue weighted by atomic mass is 10.1. The molecule has 1 fully saturated rings. The third kappa shape index (κ3) is 5.83. The summed E-state index contributed by atoms with van der Waals surface area (Å²) in [6.07, 6.45) is 7.79. The summed E-state index contributed by atoms with van der Waals surface area (Å²) in [5.41, 5.74) is 0.932. The normalized spacial score (nSPS) is 13.8.